The summed E-state index contributed by atoms with van der Waals surface area (Å²) in [7, 11) is 1.70. The van der Waals surface area contributed by atoms with Gasteiger partial charge in [0.1, 0.15) is 5.75 Å². The SMILES string of the molecule is CN1C[C@]2(CCN(C(=O)Nc3ccc(Oc4ccccc4)nc3)C2)OC1=O. The lowest BCUT2D eigenvalue weighted by Crippen LogP contribution is -2.40. The molecule has 1 atom stereocenters. The molecule has 0 saturated carbocycles. The smallest absolute Gasteiger partial charge is 0.410 e. The number of aromatic nitrogens is 1. The molecule has 3 heterocycles. The second-order valence-corrected chi connectivity index (χ2v) is 6.81. The molecule has 0 bridgehead atoms. The summed E-state index contributed by atoms with van der Waals surface area (Å²) in [6, 6.07) is 12.5. The number of amides is 3. The molecule has 140 valence electrons. The average Bonchev–Trinajstić information content (AvgIpc) is 3.20. The largest absolute Gasteiger partial charge is 0.439 e. The minimum absolute atomic E-state index is 0.240. The highest BCUT2D eigenvalue weighted by Gasteiger charge is 2.49. The van der Waals surface area contributed by atoms with Gasteiger partial charge in [0.25, 0.3) is 0 Å². The molecular weight excluding hydrogens is 348 g/mol. The molecular formula is C19H20N4O4. The molecule has 0 radical (unpaired) electrons. The van der Waals surface area contributed by atoms with Gasteiger partial charge < -0.3 is 24.6 Å². The molecule has 2 saturated heterocycles. The molecule has 2 aliphatic heterocycles. The van der Waals surface area contributed by atoms with Crippen LogP contribution in [0.15, 0.2) is 48.7 Å². The van der Waals surface area contributed by atoms with Gasteiger partial charge >= 0.3 is 12.1 Å². The number of nitrogens with zero attached hydrogens (tertiary/aromatic N) is 3. The fourth-order valence-corrected chi connectivity index (χ4v) is 3.35. The number of carbonyl (C=O) groups excluding carboxylic acids is 2. The van der Waals surface area contributed by atoms with Gasteiger partial charge in [0.2, 0.25) is 5.88 Å². The van der Waals surface area contributed by atoms with E-state index in [-0.39, 0.29) is 12.1 Å². The Hall–Kier alpha value is -3.29. The van der Waals surface area contributed by atoms with Crippen molar-refractivity contribution in [3.8, 4) is 11.6 Å². The van der Waals surface area contributed by atoms with Crippen molar-refractivity contribution in [2.75, 3.05) is 32.0 Å². The molecule has 27 heavy (non-hydrogen) atoms. The Kier molecular flexibility index (Phi) is 4.31. The Labute approximate surface area is 156 Å². The van der Waals surface area contributed by atoms with Crippen LogP contribution >= 0.6 is 0 Å². The number of benzene rings is 1. The normalized spacial score (nSPS) is 21.4. The molecule has 1 spiro atoms. The minimum Gasteiger partial charge on any atom is -0.439 e. The minimum atomic E-state index is -0.588. The first kappa shape index (κ1) is 17.1. The highest BCUT2D eigenvalue weighted by molar-refractivity contribution is 5.89. The van der Waals surface area contributed by atoms with Gasteiger partial charge in [0.15, 0.2) is 5.60 Å². The van der Waals surface area contributed by atoms with Gasteiger partial charge in [-0.2, -0.15) is 0 Å². The van der Waals surface area contributed by atoms with Crippen molar-refractivity contribution in [3.63, 3.8) is 0 Å². The van der Waals surface area contributed by atoms with Crippen LogP contribution in [0.2, 0.25) is 0 Å². The second-order valence-electron chi connectivity index (χ2n) is 6.81. The zero-order valence-corrected chi connectivity index (χ0v) is 14.9. The number of urea groups is 1. The maximum Gasteiger partial charge on any atom is 0.410 e. The molecule has 4 rings (SSSR count). The van der Waals surface area contributed by atoms with Crippen molar-refractivity contribution in [2.24, 2.45) is 0 Å². The van der Waals surface area contributed by atoms with E-state index in [2.05, 4.69) is 10.3 Å². The molecule has 8 heteroatoms. The summed E-state index contributed by atoms with van der Waals surface area (Å²) < 4.78 is 11.1. The van der Waals surface area contributed by atoms with Gasteiger partial charge in [-0.25, -0.2) is 14.6 Å². The number of likely N-dealkylation sites (tertiary alicyclic amines) is 1. The lowest BCUT2D eigenvalue weighted by molar-refractivity contribution is 0.0663. The Balaban J connectivity index is 1.34. The molecule has 1 aromatic heterocycles. The van der Waals surface area contributed by atoms with Crippen LogP contribution in [0.4, 0.5) is 15.3 Å². The third-order valence-electron chi connectivity index (χ3n) is 4.70. The number of rotatable bonds is 3. The summed E-state index contributed by atoms with van der Waals surface area (Å²) in [5.74, 6) is 1.14. The summed E-state index contributed by atoms with van der Waals surface area (Å²) in [4.78, 5) is 31.5. The Bertz CT molecular complexity index is 843. The standard InChI is InChI=1S/C19H20N4O4/c1-22-12-19(27-18(22)25)9-10-23(13-19)17(24)21-14-7-8-16(20-11-14)26-15-5-3-2-4-6-15/h2-8,11H,9-10,12-13H2,1H3,(H,21,24)/t19-/m0/s1. The van der Waals surface area contributed by atoms with Crippen LogP contribution in [-0.2, 0) is 4.74 Å². The quantitative estimate of drug-likeness (QED) is 0.900. The van der Waals surface area contributed by atoms with E-state index in [1.165, 1.54) is 4.90 Å². The van der Waals surface area contributed by atoms with Crippen LogP contribution in [0, 0.1) is 0 Å². The van der Waals surface area contributed by atoms with Gasteiger partial charge in [0, 0.05) is 26.1 Å². The van der Waals surface area contributed by atoms with Crippen LogP contribution in [0.3, 0.4) is 0 Å². The van der Waals surface area contributed by atoms with E-state index < -0.39 is 5.60 Å². The van der Waals surface area contributed by atoms with E-state index >= 15 is 0 Å². The van der Waals surface area contributed by atoms with Crippen molar-refractivity contribution >= 4 is 17.8 Å². The van der Waals surface area contributed by atoms with E-state index in [4.69, 9.17) is 9.47 Å². The van der Waals surface area contributed by atoms with E-state index in [1.54, 1.807) is 30.3 Å². The molecule has 2 aromatic rings. The van der Waals surface area contributed by atoms with Crippen LogP contribution in [0.25, 0.3) is 0 Å². The average molecular weight is 368 g/mol. The molecule has 2 fully saturated rings. The Morgan fingerprint density at radius 1 is 1.22 bits per heavy atom. The van der Waals surface area contributed by atoms with Gasteiger partial charge in [-0.15, -0.1) is 0 Å². The third kappa shape index (κ3) is 3.64. The maximum absolute atomic E-state index is 12.5. The number of anilines is 1. The molecule has 1 aromatic carbocycles. The summed E-state index contributed by atoms with van der Waals surface area (Å²) in [5.41, 5.74) is -0.0173. The van der Waals surface area contributed by atoms with Gasteiger partial charge in [0.05, 0.1) is 25.0 Å². The number of para-hydroxylation sites is 1. The van der Waals surface area contributed by atoms with Crippen molar-refractivity contribution < 1.29 is 19.1 Å². The van der Waals surface area contributed by atoms with Gasteiger partial charge in [-0.3, -0.25) is 0 Å². The molecule has 1 N–H and O–H groups in total. The van der Waals surface area contributed by atoms with E-state index in [1.807, 2.05) is 30.3 Å². The lowest BCUT2D eigenvalue weighted by atomic mass is 10.0. The predicted octanol–water partition coefficient (Wildman–Crippen LogP) is 2.93. The first-order valence-electron chi connectivity index (χ1n) is 8.72. The molecule has 0 unspecified atom stereocenters. The predicted molar refractivity (Wildman–Crippen MR) is 97.8 cm³/mol. The van der Waals surface area contributed by atoms with E-state index in [9.17, 15) is 9.59 Å². The van der Waals surface area contributed by atoms with E-state index in [0.717, 1.165) is 0 Å². The zero-order chi connectivity index (χ0) is 18.9. The summed E-state index contributed by atoms with van der Waals surface area (Å²) in [5, 5.41) is 2.82. The molecule has 8 nitrogen and oxygen atoms in total. The second kappa shape index (κ2) is 6.79. The molecule has 0 aliphatic carbocycles. The summed E-state index contributed by atoms with van der Waals surface area (Å²) in [6.07, 6.45) is 1.85. The van der Waals surface area contributed by atoms with Crippen LogP contribution in [0.1, 0.15) is 6.42 Å². The van der Waals surface area contributed by atoms with Crippen LogP contribution in [0.5, 0.6) is 11.6 Å². The number of hydrogen-bond acceptors (Lipinski definition) is 5. The Morgan fingerprint density at radius 3 is 2.70 bits per heavy atom. The number of likely N-dealkylation sites (N-methyl/N-ethyl adjacent to an activating group) is 1. The van der Waals surface area contributed by atoms with E-state index in [0.29, 0.717) is 43.4 Å². The fraction of sp³-hybridized carbons (Fsp3) is 0.316. The first-order chi connectivity index (χ1) is 13.0. The van der Waals surface area contributed by atoms with Crippen molar-refractivity contribution in [3.05, 3.63) is 48.7 Å². The lowest BCUT2D eigenvalue weighted by Gasteiger charge is -2.22. The maximum atomic E-state index is 12.5. The van der Waals surface area contributed by atoms with Gasteiger partial charge in [-0.1, -0.05) is 18.2 Å². The van der Waals surface area contributed by atoms with Crippen LogP contribution in [-0.4, -0.2) is 59.2 Å². The van der Waals surface area contributed by atoms with Crippen molar-refractivity contribution in [1.82, 2.24) is 14.8 Å². The Morgan fingerprint density at radius 2 is 2.04 bits per heavy atom. The number of pyridine rings is 1. The summed E-state index contributed by atoms with van der Waals surface area (Å²) in [6.45, 7) is 1.43. The highest BCUT2D eigenvalue weighted by Crippen LogP contribution is 2.32. The fourth-order valence-electron chi connectivity index (χ4n) is 3.35. The first-order valence-corrected chi connectivity index (χ1v) is 8.72. The number of ether oxygens (including phenoxy) is 2. The van der Waals surface area contributed by atoms with Crippen molar-refractivity contribution in [1.29, 1.82) is 0 Å². The monoisotopic (exact) mass is 368 g/mol. The number of nitrogens with one attached hydrogen (secondary N) is 1. The zero-order valence-electron chi connectivity index (χ0n) is 14.9. The summed E-state index contributed by atoms with van der Waals surface area (Å²) >= 11 is 0. The van der Waals surface area contributed by atoms with Crippen molar-refractivity contribution in [2.45, 2.75) is 12.0 Å². The molecule has 2 aliphatic rings. The number of carbonyl (C=O) groups is 2. The van der Waals surface area contributed by atoms with Gasteiger partial charge in [-0.05, 0) is 18.2 Å². The third-order valence-corrected chi connectivity index (χ3v) is 4.70. The highest BCUT2D eigenvalue weighted by atomic mass is 16.6. The number of hydrogen-bond donors (Lipinski definition) is 1. The van der Waals surface area contributed by atoms with Crippen LogP contribution < -0.4 is 10.1 Å². The topological polar surface area (TPSA) is 84.0 Å². The molecule has 3 amide bonds.